The lowest BCUT2D eigenvalue weighted by Gasteiger charge is -2.32. The molecule has 0 bridgehead atoms. The minimum atomic E-state index is -0.0430. The van der Waals surface area contributed by atoms with E-state index >= 15 is 0 Å². The molecule has 2 amide bonds. The number of nitrogens with zero attached hydrogens (tertiary/aromatic N) is 2. The van der Waals surface area contributed by atoms with E-state index in [0.717, 1.165) is 32.4 Å². The number of benzene rings is 1. The van der Waals surface area contributed by atoms with Crippen LogP contribution in [-0.2, 0) is 6.42 Å². The topological polar surface area (TPSA) is 55.8 Å². The van der Waals surface area contributed by atoms with Crippen molar-refractivity contribution < 1.29 is 9.90 Å². The number of fused-ring (bicyclic) bond motifs is 1. The molecular formula is C18H27N3O2. The van der Waals surface area contributed by atoms with Crippen LogP contribution in [0.3, 0.4) is 0 Å². The standard InChI is InChI=1S/C18H27N3O2/c1-20(2)17(23)21-11-15-9-18(19-13-22,10-16(15)12-21)8-14-6-4-3-5-7-14/h3-7,15-16,19,22H,8-13H2,1-2H3/t15-,16+,18?. The zero-order valence-electron chi connectivity index (χ0n) is 14.0. The van der Waals surface area contributed by atoms with Gasteiger partial charge in [0.25, 0.3) is 0 Å². The highest BCUT2D eigenvalue weighted by Gasteiger charge is 2.49. The van der Waals surface area contributed by atoms with Crippen molar-refractivity contribution in [3.63, 3.8) is 0 Å². The molecule has 5 nitrogen and oxygen atoms in total. The Bertz CT molecular complexity index is 532. The van der Waals surface area contributed by atoms with Crippen molar-refractivity contribution in [2.24, 2.45) is 11.8 Å². The van der Waals surface area contributed by atoms with E-state index in [1.807, 2.05) is 25.1 Å². The van der Waals surface area contributed by atoms with Crippen molar-refractivity contribution >= 4 is 6.03 Å². The smallest absolute Gasteiger partial charge is 0.319 e. The number of hydrogen-bond donors (Lipinski definition) is 2. The number of hydrogen-bond acceptors (Lipinski definition) is 3. The SMILES string of the molecule is CN(C)C(=O)N1C[C@@H]2CC(Cc3ccccc3)(NCO)C[C@@H]2C1. The fourth-order valence-electron chi connectivity index (χ4n) is 4.43. The van der Waals surface area contributed by atoms with Gasteiger partial charge in [-0.25, -0.2) is 4.79 Å². The molecule has 2 fully saturated rings. The van der Waals surface area contributed by atoms with Gasteiger partial charge in [-0.05, 0) is 36.7 Å². The summed E-state index contributed by atoms with van der Waals surface area (Å²) in [4.78, 5) is 15.8. The first-order valence-electron chi connectivity index (χ1n) is 8.39. The molecule has 1 saturated heterocycles. The van der Waals surface area contributed by atoms with E-state index in [9.17, 15) is 9.90 Å². The summed E-state index contributed by atoms with van der Waals surface area (Å²) in [5, 5.41) is 12.8. The lowest BCUT2D eigenvalue weighted by atomic mass is 9.87. The second kappa shape index (κ2) is 6.49. The van der Waals surface area contributed by atoms with Crippen molar-refractivity contribution in [3.8, 4) is 0 Å². The van der Waals surface area contributed by atoms with Crippen molar-refractivity contribution in [2.45, 2.75) is 24.8 Å². The maximum atomic E-state index is 12.2. The lowest BCUT2D eigenvalue weighted by molar-refractivity contribution is 0.163. The van der Waals surface area contributed by atoms with Crippen molar-refractivity contribution in [1.82, 2.24) is 15.1 Å². The third kappa shape index (κ3) is 3.35. The summed E-state index contributed by atoms with van der Waals surface area (Å²) in [6, 6.07) is 10.6. The average Bonchev–Trinajstić information content (AvgIpc) is 3.03. The quantitative estimate of drug-likeness (QED) is 0.828. The number of urea groups is 1. The summed E-state index contributed by atoms with van der Waals surface area (Å²) >= 11 is 0. The van der Waals surface area contributed by atoms with Gasteiger partial charge in [0.15, 0.2) is 0 Å². The third-order valence-corrected chi connectivity index (χ3v) is 5.37. The molecule has 1 heterocycles. The van der Waals surface area contributed by atoms with Gasteiger partial charge in [-0.2, -0.15) is 0 Å². The summed E-state index contributed by atoms with van der Waals surface area (Å²) < 4.78 is 0. The predicted molar refractivity (Wildman–Crippen MR) is 90.0 cm³/mol. The molecule has 1 saturated carbocycles. The Morgan fingerprint density at radius 2 is 1.87 bits per heavy atom. The van der Waals surface area contributed by atoms with Crippen molar-refractivity contribution in [2.75, 3.05) is 33.9 Å². The van der Waals surface area contributed by atoms with Gasteiger partial charge in [-0.15, -0.1) is 0 Å². The Morgan fingerprint density at radius 1 is 1.26 bits per heavy atom. The van der Waals surface area contributed by atoms with Crippen LogP contribution in [-0.4, -0.2) is 60.4 Å². The van der Waals surface area contributed by atoms with E-state index in [0.29, 0.717) is 11.8 Å². The Labute approximate surface area is 138 Å². The highest BCUT2D eigenvalue weighted by Crippen LogP contribution is 2.45. The third-order valence-electron chi connectivity index (χ3n) is 5.37. The number of carbonyl (C=O) groups is 1. The molecule has 3 rings (SSSR count). The second-order valence-corrected chi connectivity index (χ2v) is 7.29. The second-order valence-electron chi connectivity index (χ2n) is 7.29. The largest absolute Gasteiger partial charge is 0.381 e. The number of aliphatic hydroxyl groups excluding tert-OH is 1. The number of amides is 2. The van der Waals surface area contributed by atoms with Crippen LogP contribution in [0.4, 0.5) is 4.79 Å². The number of aliphatic hydroxyl groups is 1. The monoisotopic (exact) mass is 317 g/mol. The summed E-state index contributed by atoms with van der Waals surface area (Å²) in [6.45, 7) is 1.68. The normalized spacial score (nSPS) is 29.6. The molecule has 126 valence electrons. The number of carbonyl (C=O) groups excluding carboxylic acids is 1. The highest BCUT2D eigenvalue weighted by atomic mass is 16.3. The van der Waals surface area contributed by atoms with Crippen molar-refractivity contribution in [1.29, 1.82) is 0 Å². The van der Waals surface area contributed by atoms with Crippen LogP contribution in [0.5, 0.6) is 0 Å². The Kier molecular flexibility index (Phi) is 4.60. The van der Waals surface area contributed by atoms with Gasteiger partial charge in [0.1, 0.15) is 0 Å². The first-order valence-corrected chi connectivity index (χ1v) is 8.39. The Morgan fingerprint density at radius 3 is 2.39 bits per heavy atom. The summed E-state index contributed by atoms with van der Waals surface area (Å²) in [5.74, 6) is 1.06. The minimum absolute atomic E-state index is 0.00656. The summed E-state index contributed by atoms with van der Waals surface area (Å²) in [5.41, 5.74) is 1.26. The Hall–Kier alpha value is -1.59. The predicted octanol–water partition coefficient (Wildman–Crippen LogP) is 1.53. The molecule has 1 aromatic rings. The molecule has 0 spiro atoms. The van der Waals surface area contributed by atoms with Crippen LogP contribution in [0.2, 0.25) is 0 Å². The zero-order chi connectivity index (χ0) is 16.4. The maximum Gasteiger partial charge on any atom is 0.319 e. The number of nitrogens with one attached hydrogen (secondary N) is 1. The highest BCUT2D eigenvalue weighted by molar-refractivity contribution is 5.74. The average molecular weight is 317 g/mol. The molecule has 1 aliphatic heterocycles. The van der Waals surface area contributed by atoms with E-state index in [1.54, 1.807) is 4.90 Å². The molecule has 5 heteroatoms. The molecule has 0 aromatic heterocycles. The number of likely N-dealkylation sites (tertiary alicyclic amines) is 1. The fourth-order valence-corrected chi connectivity index (χ4v) is 4.43. The molecule has 1 aromatic carbocycles. The van der Waals surface area contributed by atoms with Gasteiger partial charge in [0, 0.05) is 32.7 Å². The Balaban J connectivity index is 1.69. The van der Waals surface area contributed by atoms with Gasteiger partial charge in [0.05, 0.1) is 6.73 Å². The lowest BCUT2D eigenvalue weighted by Crippen LogP contribution is -2.47. The number of rotatable bonds is 4. The van der Waals surface area contributed by atoms with E-state index in [-0.39, 0.29) is 18.3 Å². The first-order chi connectivity index (χ1) is 11.0. The van der Waals surface area contributed by atoms with Crippen LogP contribution in [0.15, 0.2) is 30.3 Å². The van der Waals surface area contributed by atoms with Gasteiger partial charge >= 0.3 is 6.03 Å². The van der Waals surface area contributed by atoms with E-state index in [1.165, 1.54) is 5.56 Å². The maximum absolute atomic E-state index is 12.2. The first kappa shape index (κ1) is 16.3. The molecule has 1 aliphatic carbocycles. The summed E-state index contributed by atoms with van der Waals surface area (Å²) in [6.07, 6.45) is 2.97. The van der Waals surface area contributed by atoms with E-state index in [2.05, 4.69) is 29.6 Å². The molecule has 3 atom stereocenters. The van der Waals surface area contributed by atoms with Gasteiger partial charge in [-0.1, -0.05) is 30.3 Å². The van der Waals surface area contributed by atoms with Crippen LogP contribution in [0.1, 0.15) is 18.4 Å². The zero-order valence-corrected chi connectivity index (χ0v) is 14.0. The van der Waals surface area contributed by atoms with Gasteiger partial charge < -0.3 is 14.9 Å². The molecule has 1 unspecified atom stereocenters. The molecular weight excluding hydrogens is 290 g/mol. The van der Waals surface area contributed by atoms with E-state index < -0.39 is 0 Å². The van der Waals surface area contributed by atoms with Gasteiger partial charge in [0.2, 0.25) is 0 Å². The molecule has 2 N–H and O–H groups in total. The van der Waals surface area contributed by atoms with Gasteiger partial charge in [-0.3, -0.25) is 5.32 Å². The van der Waals surface area contributed by atoms with Crippen LogP contribution in [0, 0.1) is 11.8 Å². The fraction of sp³-hybridized carbons (Fsp3) is 0.611. The molecule has 23 heavy (non-hydrogen) atoms. The van der Waals surface area contributed by atoms with Crippen LogP contribution < -0.4 is 5.32 Å². The van der Waals surface area contributed by atoms with E-state index in [4.69, 9.17) is 0 Å². The minimum Gasteiger partial charge on any atom is -0.381 e. The molecule has 2 aliphatic rings. The van der Waals surface area contributed by atoms with Crippen molar-refractivity contribution in [3.05, 3.63) is 35.9 Å². The van der Waals surface area contributed by atoms with Crippen LogP contribution in [0.25, 0.3) is 0 Å². The summed E-state index contributed by atoms with van der Waals surface area (Å²) in [7, 11) is 3.62. The van der Waals surface area contributed by atoms with Crippen LogP contribution >= 0.6 is 0 Å². The molecule has 0 radical (unpaired) electrons.